The van der Waals surface area contributed by atoms with E-state index in [4.69, 9.17) is 18.6 Å². The molecule has 1 N–H and O–H groups in total. The predicted octanol–water partition coefficient (Wildman–Crippen LogP) is 4.53. The van der Waals surface area contributed by atoms with E-state index in [0.717, 1.165) is 26.1 Å². The number of hydrogen-bond donors (Lipinski definition) is 1. The molecule has 9 nitrogen and oxygen atoms in total. The second kappa shape index (κ2) is 11.9. The molecule has 2 aliphatic rings. The molecule has 39 heavy (non-hydrogen) atoms. The molecule has 3 aromatic rings. The van der Waals surface area contributed by atoms with Gasteiger partial charge in [0.05, 0.1) is 38.5 Å². The van der Waals surface area contributed by atoms with Gasteiger partial charge in [-0.3, -0.25) is 14.5 Å². The van der Waals surface area contributed by atoms with Crippen LogP contribution in [0.1, 0.15) is 41.9 Å². The topological polar surface area (TPSA) is 102 Å². The number of para-hydroxylation sites is 1. The fourth-order valence-corrected chi connectivity index (χ4v) is 5.16. The Morgan fingerprint density at radius 1 is 1.10 bits per heavy atom. The standard InChI is InChI=1S/C30H34N2O7/c1-3-16-38-22-10-8-20(9-11-22)26-25(27(33)24-19-21-6-4-7-23(36-2)29(21)39-24)28(34)30(35)32(26)13-5-12-31-14-17-37-18-15-31/h4,6-11,19,26,34H,3,5,12-18H2,1-2H3. The zero-order valence-electron chi connectivity index (χ0n) is 22.4. The first-order valence-corrected chi connectivity index (χ1v) is 13.4. The number of nitrogens with zero attached hydrogens (tertiary/aromatic N) is 2. The number of carbonyl (C=O) groups is 2. The third-order valence-corrected chi connectivity index (χ3v) is 7.15. The number of morpholine rings is 1. The Kier molecular flexibility index (Phi) is 8.18. The smallest absolute Gasteiger partial charge is 0.290 e. The summed E-state index contributed by atoms with van der Waals surface area (Å²) in [5.41, 5.74) is 1.15. The van der Waals surface area contributed by atoms with Gasteiger partial charge >= 0.3 is 0 Å². The van der Waals surface area contributed by atoms with Crippen molar-refractivity contribution < 1.29 is 33.3 Å². The second-order valence-corrected chi connectivity index (χ2v) is 9.71. The van der Waals surface area contributed by atoms with Gasteiger partial charge in [-0.1, -0.05) is 31.2 Å². The van der Waals surface area contributed by atoms with Crippen molar-refractivity contribution >= 4 is 22.7 Å². The van der Waals surface area contributed by atoms with E-state index in [1.165, 1.54) is 7.11 Å². The number of Topliss-reactive ketones (excluding diaryl/α,β-unsaturated/α-hetero) is 1. The number of fused-ring (bicyclic) bond motifs is 1. The van der Waals surface area contributed by atoms with Gasteiger partial charge in [-0.25, -0.2) is 0 Å². The van der Waals surface area contributed by atoms with Gasteiger partial charge in [-0.2, -0.15) is 0 Å². The van der Waals surface area contributed by atoms with Crippen LogP contribution < -0.4 is 9.47 Å². The summed E-state index contributed by atoms with van der Waals surface area (Å²) in [6, 6.07) is 13.6. The molecule has 1 unspecified atom stereocenters. The number of carbonyl (C=O) groups excluding carboxylic acids is 2. The van der Waals surface area contributed by atoms with Crippen molar-refractivity contribution in [1.29, 1.82) is 0 Å². The molecule has 1 fully saturated rings. The Hall–Kier alpha value is -3.82. The van der Waals surface area contributed by atoms with Crippen molar-refractivity contribution in [2.75, 3.05) is 53.1 Å². The largest absolute Gasteiger partial charge is 0.503 e. The van der Waals surface area contributed by atoms with Crippen LogP contribution >= 0.6 is 0 Å². The number of hydrogen-bond acceptors (Lipinski definition) is 8. The number of aliphatic hydroxyl groups excluding tert-OH is 1. The molecular formula is C30H34N2O7. The number of rotatable bonds is 11. The van der Waals surface area contributed by atoms with E-state index in [1.54, 1.807) is 17.0 Å². The fraction of sp³-hybridized carbons (Fsp3) is 0.400. The van der Waals surface area contributed by atoms with Gasteiger partial charge in [-0.15, -0.1) is 0 Å². The third-order valence-electron chi connectivity index (χ3n) is 7.15. The lowest BCUT2D eigenvalue weighted by molar-refractivity contribution is -0.129. The average molecular weight is 535 g/mol. The molecule has 0 aliphatic carbocycles. The first-order chi connectivity index (χ1) is 19.0. The van der Waals surface area contributed by atoms with Crippen LogP contribution in [0, 0.1) is 0 Å². The summed E-state index contributed by atoms with van der Waals surface area (Å²) in [6.45, 7) is 6.88. The number of furan rings is 1. The van der Waals surface area contributed by atoms with Gasteiger partial charge in [0.1, 0.15) is 5.75 Å². The van der Waals surface area contributed by atoms with Crippen LogP contribution in [0.2, 0.25) is 0 Å². The van der Waals surface area contributed by atoms with Crippen LogP contribution in [0.3, 0.4) is 0 Å². The Morgan fingerprint density at radius 2 is 1.87 bits per heavy atom. The van der Waals surface area contributed by atoms with Crippen LogP contribution in [0.25, 0.3) is 11.0 Å². The molecule has 3 heterocycles. The van der Waals surface area contributed by atoms with Crippen molar-refractivity contribution in [2.24, 2.45) is 0 Å². The summed E-state index contributed by atoms with van der Waals surface area (Å²) < 4.78 is 22.4. The zero-order valence-corrected chi connectivity index (χ0v) is 22.4. The molecule has 1 atom stereocenters. The lowest BCUT2D eigenvalue weighted by Crippen LogP contribution is -2.39. The van der Waals surface area contributed by atoms with Crippen molar-refractivity contribution in [3.05, 3.63) is 71.2 Å². The minimum atomic E-state index is -0.759. The summed E-state index contributed by atoms with van der Waals surface area (Å²) in [6.07, 6.45) is 1.57. The SMILES string of the molecule is CCCOc1ccc(C2C(C(=O)c3cc4cccc(OC)c4o3)=C(O)C(=O)N2CCCN2CCOCC2)cc1. The number of ether oxygens (including phenoxy) is 3. The maximum Gasteiger partial charge on any atom is 0.290 e. The maximum atomic E-state index is 13.9. The normalized spacial score (nSPS) is 18.3. The van der Waals surface area contributed by atoms with Crippen LogP contribution in [0.4, 0.5) is 0 Å². The highest BCUT2D eigenvalue weighted by Gasteiger charge is 2.44. The van der Waals surface area contributed by atoms with Crippen molar-refractivity contribution in [1.82, 2.24) is 9.80 Å². The molecule has 0 radical (unpaired) electrons. The van der Waals surface area contributed by atoms with E-state index in [2.05, 4.69) is 4.90 Å². The van der Waals surface area contributed by atoms with Crippen LogP contribution in [-0.4, -0.2) is 79.7 Å². The van der Waals surface area contributed by atoms with Crippen molar-refractivity contribution in [2.45, 2.75) is 25.8 Å². The minimum Gasteiger partial charge on any atom is -0.503 e. The van der Waals surface area contributed by atoms with Gasteiger partial charge in [0.2, 0.25) is 5.78 Å². The average Bonchev–Trinajstić information content (AvgIpc) is 3.52. The molecule has 0 saturated carbocycles. The lowest BCUT2D eigenvalue weighted by atomic mass is 9.95. The van der Waals surface area contributed by atoms with Crippen molar-refractivity contribution in [3.8, 4) is 11.5 Å². The fourth-order valence-electron chi connectivity index (χ4n) is 5.16. The number of aliphatic hydroxyl groups is 1. The van der Waals surface area contributed by atoms with E-state index < -0.39 is 23.5 Å². The Balaban J connectivity index is 1.46. The molecule has 206 valence electrons. The van der Waals surface area contributed by atoms with Gasteiger partial charge < -0.3 is 28.6 Å². The predicted molar refractivity (Wildman–Crippen MR) is 145 cm³/mol. The lowest BCUT2D eigenvalue weighted by Gasteiger charge is -2.30. The van der Waals surface area contributed by atoms with Crippen molar-refractivity contribution in [3.63, 3.8) is 0 Å². The van der Waals surface area contributed by atoms with Crippen LogP contribution in [-0.2, 0) is 9.53 Å². The quantitative estimate of drug-likeness (QED) is 0.358. The highest BCUT2D eigenvalue weighted by molar-refractivity contribution is 6.16. The van der Waals surface area contributed by atoms with Crippen LogP contribution in [0.5, 0.6) is 11.5 Å². The summed E-state index contributed by atoms with van der Waals surface area (Å²) in [5, 5.41) is 11.7. The molecular weight excluding hydrogens is 500 g/mol. The zero-order chi connectivity index (χ0) is 27.4. The summed E-state index contributed by atoms with van der Waals surface area (Å²) in [4.78, 5) is 31.1. The first-order valence-electron chi connectivity index (χ1n) is 13.4. The van der Waals surface area contributed by atoms with E-state index in [0.29, 0.717) is 60.8 Å². The molecule has 2 aliphatic heterocycles. The first kappa shape index (κ1) is 26.8. The van der Waals surface area contributed by atoms with E-state index >= 15 is 0 Å². The number of amides is 1. The summed E-state index contributed by atoms with van der Waals surface area (Å²) in [7, 11) is 1.53. The number of methoxy groups -OCH3 is 1. The molecule has 1 aromatic heterocycles. The Morgan fingerprint density at radius 3 is 2.59 bits per heavy atom. The molecule has 1 amide bonds. The van der Waals surface area contributed by atoms with Crippen LogP contribution in [0.15, 0.2) is 64.3 Å². The van der Waals surface area contributed by atoms with Gasteiger partial charge in [-0.05, 0) is 42.7 Å². The summed E-state index contributed by atoms with van der Waals surface area (Å²) in [5.74, 6) is -0.413. The molecule has 9 heteroatoms. The van der Waals surface area contributed by atoms with Gasteiger partial charge in [0, 0.05) is 31.6 Å². The monoisotopic (exact) mass is 534 g/mol. The van der Waals surface area contributed by atoms with Gasteiger partial charge in [0.25, 0.3) is 5.91 Å². The minimum absolute atomic E-state index is 0.00613. The Labute approximate surface area is 227 Å². The summed E-state index contributed by atoms with van der Waals surface area (Å²) >= 11 is 0. The molecule has 2 aromatic carbocycles. The second-order valence-electron chi connectivity index (χ2n) is 9.71. The van der Waals surface area contributed by atoms with E-state index in [1.807, 2.05) is 43.3 Å². The van der Waals surface area contributed by atoms with Gasteiger partial charge in [0.15, 0.2) is 22.9 Å². The molecule has 1 saturated heterocycles. The third kappa shape index (κ3) is 5.51. The Bertz CT molecular complexity index is 1360. The van der Waals surface area contributed by atoms with E-state index in [9.17, 15) is 14.7 Å². The number of ketones is 1. The molecule has 0 bridgehead atoms. The highest BCUT2D eigenvalue weighted by atomic mass is 16.5. The van der Waals surface area contributed by atoms with E-state index in [-0.39, 0.29) is 11.3 Å². The highest BCUT2D eigenvalue weighted by Crippen LogP contribution is 2.40. The number of benzene rings is 2. The molecule has 5 rings (SSSR count). The maximum absolute atomic E-state index is 13.9. The molecule has 0 spiro atoms.